The molecule has 2 aliphatic rings. The molecule has 5 aromatic rings. The molecule has 0 aliphatic carbocycles. The Morgan fingerprint density at radius 2 is 1.52 bits per heavy atom. The third kappa shape index (κ3) is 8.70. The van der Waals surface area contributed by atoms with Crippen molar-refractivity contribution in [2.45, 2.75) is 51.1 Å². The SMILES string of the molecule is CC1C(CN2CCC(O)C2)OC(c2ccc(-c3ccccc3CNC(=O)Nc3ccc(Oc4ccccc4)cc3)cc2)OC1c1ccc(CO)cc1. The van der Waals surface area contributed by atoms with Crippen molar-refractivity contribution in [3.63, 3.8) is 0 Å². The highest BCUT2D eigenvalue weighted by Gasteiger charge is 2.40. The van der Waals surface area contributed by atoms with Crippen LogP contribution in [0.4, 0.5) is 10.5 Å². The monoisotopic (exact) mass is 699 g/mol. The lowest BCUT2D eigenvalue weighted by Gasteiger charge is -2.42. The van der Waals surface area contributed by atoms with Gasteiger partial charge in [-0.25, -0.2) is 4.79 Å². The van der Waals surface area contributed by atoms with Crippen LogP contribution in [0.5, 0.6) is 11.5 Å². The van der Waals surface area contributed by atoms with E-state index in [2.05, 4.69) is 40.7 Å². The van der Waals surface area contributed by atoms with E-state index >= 15 is 0 Å². The van der Waals surface area contributed by atoms with Crippen LogP contribution < -0.4 is 15.4 Å². The fourth-order valence-corrected chi connectivity index (χ4v) is 6.92. The van der Waals surface area contributed by atoms with E-state index in [1.54, 1.807) is 0 Å². The second-order valence-corrected chi connectivity index (χ2v) is 13.6. The van der Waals surface area contributed by atoms with Crippen molar-refractivity contribution in [1.29, 1.82) is 0 Å². The van der Waals surface area contributed by atoms with E-state index in [-0.39, 0.29) is 36.9 Å². The van der Waals surface area contributed by atoms with Gasteiger partial charge >= 0.3 is 6.03 Å². The summed E-state index contributed by atoms with van der Waals surface area (Å²) in [6.45, 7) is 4.70. The number of β-amino-alcohol motifs (C(OH)–C–C–N with tert-alkyl or cyclic N) is 1. The minimum Gasteiger partial charge on any atom is -0.457 e. The van der Waals surface area contributed by atoms with Crippen molar-refractivity contribution in [1.82, 2.24) is 10.2 Å². The number of ether oxygens (including phenoxy) is 3. The van der Waals surface area contributed by atoms with Gasteiger partial charge in [0.25, 0.3) is 0 Å². The zero-order valence-corrected chi connectivity index (χ0v) is 29.2. The normalized spacial score (nSPS) is 21.8. The van der Waals surface area contributed by atoms with E-state index in [9.17, 15) is 15.0 Å². The first-order chi connectivity index (χ1) is 25.4. The van der Waals surface area contributed by atoms with Crippen molar-refractivity contribution in [3.8, 4) is 22.6 Å². The Kier molecular flexibility index (Phi) is 11.3. The van der Waals surface area contributed by atoms with Crippen LogP contribution in [0.15, 0.2) is 127 Å². The number of carbonyl (C=O) groups is 1. The molecule has 5 unspecified atom stereocenters. The summed E-state index contributed by atoms with van der Waals surface area (Å²) in [6.07, 6.45) is -0.419. The molecule has 2 heterocycles. The standard InChI is InChI=1S/C43H45N3O6/c1-29-40(27-46-24-23-36(48)26-46)51-42(52-41(29)32-13-11-30(28-47)12-14-32)33-17-15-31(16-18-33)39-10-6-5-7-34(39)25-44-43(49)45-35-19-21-38(22-20-35)50-37-8-3-2-4-9-37/h2-22,29,36,40-42,47-48H,23-28H2,1H3,(H2,44,45,49). The van der Waals surface area contributed by atoms with Gasteiger partial charge in [0.15, 0.2) is 6.29 Å². The lowest BCUT2D eigenvalue weighted by atomic mass is 9.90. The number of hydrogen-bond donors (Lipinski definition) is 4. The molecule has 0 spiro atoms. The molecule has 7 rings (SSSR count). The summed E-state index contributed by atoms with van der Waals surface area (Å²) in [5, 5.41) is 25.6. The maximum Gasteiger partial charge on any atom is 0.319 e. The highest BCUT2D eigenvalue weighted by Crippen LogP contribution is 2.42. The molecule has 0 bridgehead atoms. The summed E-state index contributed by atoms with van der Waals surface area (Å²) in [5.74, 6) is 1.50. The van der Waals surface area contributed by atoms with Crippen LogP contribution in [-0.2, 0) is 22.6 Å². The first-order valence-electron chi connectivity index (χ1n) is 17.9. The third-order valence-electron chi connectivity index (χ3n) is 9.85. The summed E-state index contributed by atoms with van der Waals surface area (Å²) in [7, 11) is 0. The molecule has 2 amide bonds. The molecule has 2 saturated heterocycles. The maximum atomic E-state index is 12.9. The van der Waals surface area contributed by atoms with Gasteiger partial charge in [-0.05, 0) is 70.6 Å². The number of benzene rings is 5. The number of carbonyl (C=O) groups excluding carboxylic acids is 1. The third-order valence-corrected chi connectivity index (χ3v) is 9.85. The molecule has 0 aromatic heterocycles. The molecule has 4 N–H and O–H groups in total. The van der Waals surface area contributed by atoms with E-state index in [1.807, 2.05) is 109 Å². The van der Waals surface area contributed by atoms with E-state index in [1.165, 1.54) is 0 Å². The van der Waals surface area contributed by atoms with E-state index in [0.717, 1.165) is 52.1 Å². The van der Waals surface area contributed by atoms with Gasteiger partial charge in [-0.15, -0.1) is 0 Å². The summed E-state index contributed by atoms with van der Waals surface area (Å²) in [5.41, 5.74) is 6.48. The smallest absolute Gasteiger partial charge is 0.319 e. The second-order valence-electron chi connectivity index (χ2n) is 13.6. The van der Waals surface area contributed by atoms with Crippen LogP contribution in [0.25, 0.3) is 11.1 Å². The number of anilines is 1. The molecular weight excluding hydrogens is 654 g/mol. The number of likely N-dealkylation sites (tertiary alicyclic amines) is 1. The largest absolute Gasteiger partial charge is 0.457 e. The van der Waals surface area contributed by atoms with E-state index < -0.39 is 6.29 Å². The van der Waals surface area contributed by atoms with Gasteiger partial charge in [0, 0.05) is 43.3 Å². The molecule has 2 aliphatic heterocycles. The number of urea groups is 1. The van der Waals surface area contributed by atoms with Gasteiger partial charge in [0.05, 0.1) is 24.9 Å². The lowest BCUT2D eigenvalue weighted by molar-refractivity contribution is -0.276. The number of aliphatic hydroxyl groups excluding tert-OH is 2. The number of aliphatic hydroxyl groups is 2. The number of nitrogens with zero attached hydrogens (tertiary/aromatic N) is 1. The zero-order valence-electron chi connectivity index (χ0n) is 29.2. The number of hydrogen-bond acceptors (Lipinski definition) is 7. The van der Waals surface area contributed by atoms with E-state index in [4.69, 9.17) is 14.2 Å². The van der Waals surface area contributed by atoms with Gasteiger partial charge in [0.1, 0.15) is 11.5 Å². The van der Waals surface area contributed by atoms with Crippen LogP contribution in [0, 0.1) is 5.92 Å². The van der Waals surface area contributed by atoms with Crippen molar-refractivity contribution in [2.75, 3.05) is 25.0 Å². The summed E-state index contributed by atoms with van der Waals surface area (Å²) < 4.78 is 19.2. The Labute approximate surface area is 304 Å². The Hall–Kier alpha value is -5.03. The molecule has 5 aromatic carbocycles. The fraction of sp³-hybridized carbons (Fsp3) is 0.279. The van der Waals surface area contributed by atoms with Crippen LogP contribution in [0.3, 0.4) is 0 Å². The molecule has 0 saturated carbocycles. The van der Waals surface area contributed by atoms with Gasteiger partial charge in [-0.3, -0.25) is 4.90 Å². The summed E-state index contributed by atoms with van der Waals surface area (Å²) >= 11 is 0. The average Bonchev–Trinajstić information content (AvgIpc) is 3.60. The Morgan fingerprint density at radius 3 is 2.23 bits per heavy atom. The van der Waals surface area contributed by atoms with Gasteiger partial charge in [-0.2, -0.15) is 0 Å². The van der Waals surface area contributed by atoms with Crippen molar-refractivity contribution in [3.05, 3.63) is 150 Å². The second kappa shape index (κ2) is 16.5. The van der Waals surface area contributed by atoms with Gasteiger partial charge in [-0.1, -0.05) is 97.9 Å². The van der Waals surface area contributed by atoms with Crippen LogP contribution in [0.2, 0.25) is 0 Å². The van der Waals surface area contributed by atoms with Crippen LogP contribution in [0.1, 0.15) is 48.0 Å². The predicted molar refractivity (Wildman–Crippen MR) is 201 cm³/mol. The van der Waals surface area contributed by atoms with Crippen LogP contribution in [-0.4, -0.2) is 53.0 Å². The van der Waals surface area contributed by atoms with Crippen molar-refractivity contribution in [2.24, 2.45) is 5.92 Å². The average molecular weight is 700 g/mol. The first kappa shape index (κ1) is 35.4. The molecule has 9 nitrogen and oxygen atoms in total. The minimum absolute atomic E-state index is 0.00771. The Morgan fingerprint density at radius 1 is 0.827 bits per heavy atom. The fourth-order valence-electron chi connectivity index (χ4n) is 6.92. The number of amides is 2. The van der Waals surface area contributed by atoms with Crippen molar-refractivity contribution < 1.29 is 29.2 Å². The Bertz CT molecular complexity index is 1900. The molecular formula is C43H45N3O6. The molecule has 2 fully saturated rings. The lowest BCUT2D eigenvalue weighted by Crippen LogP contribution is -2.44. The highest BCUT2D eigenvalue weighted by molar-refractivity contribution is 5.89. The van der Waals surface area contributed by atoms with E-state index in [0.29, 0.717) is 31.1 Å². The number of para-hydroxylation sites is 1. The molecule has 0 radical (unpaired) electrons. The summed E-state index contributed by atoms with van der Waals surface area (Å²) in [6, 6.07) is 40.7. The molecule has 5 atom stereocenters. The minimum atomic E-state index is -0.579. The molecule has 52 heavy (non-hydrogen) atoms. The quantitative estimate of drug-likeness (QED) is 0.111. The highest BCUT2D eigenvalue weighted by atomic mass is 16.7. The maximum absolute atomic E-state index is 12.9. The van der Waals surface area contributed by atoms with Crippen molar-refractivity contribution >= 4 is 11.7 Å². The topological polar surface area (TPSA) is 113 Å². The molecule has 268 valence electrons. The van der Waals surface area contributed by atoms with Gasteiger partial charge in [0.2, 0.25) is 0 Å². The van der Waals surface area contributed by atoms with Crippen LogP contribution >= 0.6 is 0 Å². The predicted octanol–water partition coefficient (Wildman–Crippen LogP) is 7.82. The summed E-state index contributed by atoms with van der Waals surface area (Å²) in [4.78, 5) is 15.1. The number of rotatable bonds is 11. The number of nitrogens with one attached hydrogen (secondary N) is 2. The Balaban J connectivity index is 1.01. The zero-order chi connectivity index (χ0) is 35.9. The first-order valence-corrected chi connectivity index (χ1v) is 17.9. The molecule has 9 heteroatoms. The van der Waals surface area contributed by atoms with Gasteiger partial charge < -0.3 is 35.1 Å².